The smallest absolute Gasteiger partial charge is 0.262 e. The number of nitrogens with zero attached hydrogens (tertiary/aromatic N) is 1. The molecule has 188 valence electrons. The van der Waals surface area contributed by atoms with Gasteiger partial charge in [-0.3, -0.25) is 9.59 Å². The second kappa shape index (κ2) is 12.8. The van der Waals surface area contributed by atoms with Crippen LogP contribution in [0.15, 0.2) is 71.8 Å². The zero-order valence-electron chi connectivity index (χ0n) is 19.6. The summed E-state index contributed by atoms with van der Waals surface area (Å²) < 4.78 is 10.7. The Morgan fingerprint density at radius 1 is 1.03 bits per heavy atom. The second-order valence-corrected chi connectivity index (χ2v) is 8.59. The Balaban J connectivity index is 1.69. The second-order valence-electron chi connectivity index (χ2n) is 7.75. The molecule has 0 aliphatic heterocycles. The fourth-order valence-electron chi connectivity index (χ4n) is 3.19. The number of hydrogen-bond acceptors (Lipinski definition) is 6. The van der Waals surface area contributed by atoms with Gasteiger partial charge in [0.1, 0.15) is 11.8 Å². The van der Waals surface area contributed by atoms with E-state index in [-0.39, 0.29) is 22.9 Å². The minimum Gasteiger partial charge on any atom is -0.504 e. The molecule has 0 aromatic heterocycles. The van der Waals surface area contributed by atoms with Crippen LogP contribution in [0, 0.1) is 0 Å². The minimum atomic E-state index is -0.942. The number of rotatable bonds is 10. The summed E-state index contributed by atoms with van der Waals surface area (Å²) in [5.41, 5.74) is 3.89. The highest BCUT2D eigenvalue weighted by molar-refractivity contribution is 6.35. The number of benzene rings is 3. The molecule has 2 amide bonds. The number of ether oxygens (including phenoxy) is 2. The molecule has 0 spiro atoms. The van der Waals surface area contributed by atoms with Crippen LogP contribution in [-0.2, 0) is 16.0 Å². The molecule has 0 radical (unpaired) electrons. The third-order valence-electron chi connectivity index (χ3n) is 5.07. The predicted molar refractivity (Wildman–Crippen MR) is 139 cm³/mol. The fourth-order valence-corrected chi connectivity index (χ4v) is 3.64. The van der Waals surface area contributed by atoms with Crippen LogP contribution >= 0.6 is 23.2 Å². The van der Waals surface area contributed by atoms with E-state index < -0.39 is 24.0 Å². The highest BCUT2D eigenvalue weighted by Gasteiger charge is 2.25. The summed E-state index contributed by atoms with van der Waals surface area (Å²) in [6.45, 7) is 1.55. The first kappa shape index (κ1) is 26.8. The molecular weight excluding hydrogens is 505 g/mol. The lowest BCUT2D eigenvalue weighted by Gasteiger charge is -2.21. The number of carbonyl (C=O) groups excluding carboxylic acids is 2. The van der Waals surface area contributed by atoms with Crippen molar-refractivity contribution in [2.24, 2.45) is 5.10 Å². The van der Waals surface area contributed by atoms with Gasteiger partial charge in [-0.15, -0.1) is 0 Å². The maximum atomic E-state index is 12.9. The number of carbonyl (C=O) groups is 2. The number of nitrogens with one attached hydrogen (secondary N) is 2. The lowest BCUT2D eigenvalue weighted by molar-refractivity contribution is -0.132. The van der Waals surface area contributed by atoms with Crippen molar-refractivity contribution < 1.29 is 24.2 Å². The van der Waals surface area contributed by atoms with Crippen molar-refractivity contribution >= 4 is 41.2 Å². The van der Waals surface area contributed by atoms with Gasteiger partial charge < -0.3 is 19.9 Å². The van der Waals surface area contributed by atoms with Crippen LogP contribution in [0.25, 0.3) is 0 Å². The summed E-state index contributed by atoms with van der Waals surface area (Å²) in [6, 6.07) is 17.6. The summed E-state index contributed by atoms with van der Waals surface area (Å²) in [5.74, 6) is -0.480. The molecule has 0 aliphatic rings. The van der Waals surface area contributed by atoms with E-state index in [1.807, 2.05) is 30.3 Å². The van der Waals surface area contributed by atoms with E-state index in [9.17, 15) is 14.7 Å². The standard InChI is InChI=1S/C26H25Cl2N3O5/c1-16(36-23-11-9-19(27)14-20(23)28)25(33)30-21(12-17-6-4-3-5-7-17)26(34)31-29-15-18-8-10-22(32)24(13-18)35-2/h3-11,13-16,21,32H,12H2,1-2H3,(H,30,33)(H,31,34)/b29-15-/t16-,21+/m1/s1. The van der Waals surface area contributed by atoms with Gasteiger partial charge in [0.05, 0.1) is 18.3 Å². The SMILES string of the molecule is COc1cc(/C=N\NC(=O)[C@H](Cc2ccccc2)NC(=O)[C@@H](C)Oc2ccc(Cl)cc2Cl)ccc1O. The van der Waals surface area contributed by atoms with Gasteiger partial charge in [-0.1, -0.05) is 53.5 Å². The molecule has 0 fully saturated rings. The first-order valence-electron chi connectivity index (χ1n) is 10.9. The van der Waals surface area contributed by atoms with E-state index in [1.165, 1.54) is 25.5 Å². The van der Waals surface area contributed by atoms with E-state index >= 15 is 0 Å². The van der Waals surface area contributed by atoms with E-state index in [0.29, 0.717) is 16.3 Å². The number of phenolic OH excluding ortho intramolecular Hbond substituents is 1. The number of methoxy groups -OCH3 is 1. The van der Waals surface area contributed by atoms with Gasteiger partial charge in [0, 0.05) is 11.4 Å². The molecule has 0 unspecified atom stereocenters. The first-order valence-corrected chi connectivity index (χ1v) is 11.7. The Kier molecular flexibility index (Phi) is 9.55. The van der Waals surface area contributed by atoms with Gasteiger partial charge in [-0.25, -0.2) is 5.43 Å². The van der Waals surface area contributed by atoms with Crippen LogP contribution in [-0.4, -0.2) is 42.4 Å². The zero-order chi connectivity index (χ0) is 26.1. The minimum absolute atomic E-state index is 0.0134. The summed E-state index contributed by atoms with van der Waals surface area (Å²) >= 11 is 12.0. The summed E-state index contributed by atoms with van der Waals surface area (Å²) in [6.07, 6.45) is 0.688. The Morgan fingerprint density at radius 2 is 1.78 bits per heavy atom. The highest BCUT2D eigenvalue weighted by atomic mass is 35.5. The maximum Gasteiger partial charge on any atom is 0.262 e. The molecule has 0 bridgehead atoms. The average molecular weight is 530 g/mol. The summed E-state index contributed by atoms with van der Waals surface area (Å²) in [7, 11) is 1.43. The van der Waals surface area contributed by atoms with Gasteiger partial charge in [-0.05, 0) is 54.4 Å². The molecule has 3 aromatic carbocycles. The quantitative estimate of drug-likeness (QED) is 0.267. The monoisotopic (exact) mass is 529 g/mol. The Hall–Kier alpha value is -3.75. The molecule has 3 rings (SSSR count). The Labute approximate surface area is 218 Å². The van der Waals surface area contributed by atoms with Crippen molar-refractivity contribution in [1.82, 2.24) is 10.7 Å². The first-order chi connectivity index (χ1) is 17.3. The van der Waals surface area contributed by atoms with Gasteiger partial charge in [0.2, 0.25) is 0 Å². The van der Waals surface area contributed by atoms with Gasteiger partial charge >= 0.3 is 0 Å². The third kappa shape index (κ3) is 7.63. The molecule has 10 heteroatoms. The molecular formula is C26H25Cl2N3O5. The molecule has 3 N–H and O–H groups in total. The summed E-state index contributed by atoms with van der Waals surface area (Å²) in [5, 5.41) is 17.1. The maximum absolute atomic E-state index is 12.9. The molecule has 3 aromatic rings. The largest absolute Gasteiger partial charge is 0.504 e. The van der Waals surface area contributed by atoms with Crippen LogP contribution in [0.5, 0.6) is 17.2 Å². The van der Waals surface area contributed by atoms with Crippen molar-refractivity contribution in [3.05, 3.63) is 87.9 Å². The third-order valence-corrected chi connectivity index (χ3v) is 5.61. The average Bonchev–Trinajstić information content (AvgIpc) is 2.86. The number of halogens is 2. The summed E-state index contributed by atoms with van der Waals surface area (Å²) in [4.78, 5) is 25.8. The molecule has 8 nitrogen and oxygen atoms in total. The predicted octanol–water partition coefficient (Wildman–Crippen LogP) is 4.35. The zero-order valence-corrected chi connectivity index (χ0v) is 21.1. The molecule has 0 aliphatic carbocycles. The van der Waals surface area contributed by atoms with Crippen LogP contribution < -0.4 is 20.2 Å². The Morgan fingerprint density at radius 3 is 2.47 bits per heavy atom. The van der Waals surface area contributed by atoms with E-state index in [1.54, 1.807) is 31.2 Å². The lowest BCUT2D eigenvalue weighted by atomic mass is 10.1. The molecule has 2 atom stereocenters. The van der Waals surface area contributed by atoms with Crippen molar-refractivity contribution in [3.63, 3.8) is 0 Å². The number of phenols is 1. The van der Waals surface area contributed by atoms with Crippen LogP contribution in [0.3, 0.4) is 0 Å². The number of aromatic hydroxyl groups is 1. The van der Waals surface area contributed by atoms with Crippen LogP contribution in [0.2, 0.25) is 10.0 Å². The van der Waals surface area contributed by atoms with Crippen molar-refractivity contribution in [2.45, 2.75) is 25.5 Å². The van der Waals surface area contributed by atoms with E-state index in [4.69, 9.17) is 32.7 Å². The van der Waals surface area contributed by atoms with Crippen LogP contribution in [0.4, 0.5) is 0 Å². The normalized spacial score (nSPS) is 12.6. The van der Waals surface area contributed by atoms with E-state index in [2.05, 4.69) is 15.8 Å². The fraction of sp³-hybridized carbons (Fsp3) is 0.192. The number of hydrazone groups is 1. The molecule has 0 saturated carbocycles. The van der Waals surface area contributed by atoms with E-state index in [0.717, 1.165) is 5.56 Å². The topological polar surface area (TPSA) is 109 Å². The van der Waals surface area contributed by atoms with Crippen molar-refractivity contribution in [2.75, 3.05) is 7.11 Å². The lowest BCUT2D eigenvalue weighted by Crippen LogP contribution is -2.50. The Bertz CT molecular complexity index is 1240. The highest BCUT2D eigenvalue weighted by Crippen LogP contribution is 2.28. The molecule has 0 heterocycles. The number of hydrogen-bond donors (Lipinski definition) is 3. The van der Waals surface area contributed by atoms with Crippen molar-refractivity contribution in [1.29, 1.82) is 0 Å². The van der Waals surface area contributed by atoms with Gasteiger partial charge in [0.25, 0.3) is 11.8 Å². The molecule has 36 heavy (non-hydrogen) atoms. The van der Waals surface area contributed by atoms with Gasteiger partial charge in [-0.2, -0.15) is 5.10 Å². The molecule has 0 saturated heterocycles. The van der Waals surface area contributed by atoms with Crippen molar-refractivity contribution in [3.8, 4) is 17.2 Å². The number of amides is 2. The van der Waals surface area contributed by atoms with Gasteiger partial charge in [0.15, 0.2) is 17.6 Å². The van der Waals surface area contributed by atoms with Crippen LogP contribution in [0.1, 0.15) is 18.1 Å².